The molecule has 28 heavy (non-hydrogen) atoms. The number of benzene rings is 2. The van der Waals surface area contributed by atoms with Crippen molar-refractivity contribution in [2.75, 3.05) is 25.0 Å². The number of nitro benzene ring substituents is 1. The van der Waals surface area contributed by atoms with E-state index >= 15 is 0 Å². The Balaban J connectivity index is 1.81. The highest BCUT2D eigenvalue weighted by atomic mass is 19.1. The van der Waals surface area contributed by atoms with Gasteiger partial charge in [0, 0.05) is 36.8 Å². The Hall–Kier alpha value is -2.96. The molecule has 3 rings (SSSR count). The molecule has 6 nitrogen and oxygen atoms in total. The van der Waals surface area contributed by atoms with E-state index in [9.17, 15) is 19.3 Å². The molecule has 0 bridgehead atoms. The topological polar surface area (TPSA) is 75.5 Å². The lowest BCUT2D eigenvalue weighted by atomic mass is 9.84. The van der Waals surface area contributed by atoms with Gasteiger partial charge in [-0.25, -0.2) is 4.39 Å². The predicted molar refractivity (Wildman–Crippen MR) is 106 cm³/mol. The molecule has 1 saturated heterocycles. The number of nitro groups is 1. The molecular formula is C21H24FN3O3. The van der Waals surface area contributed by atoms with Crippen LogP contribution in [0.2, 0.25) is 0 Å². The molecular weight excluding hydrogens is 361 g/mol. The minimum atomic E-state index is -0.524. The van der Waals surface area contributed by atoms with Crippen molar-refractivity contribution in [2.45, 2.75) is 32.1 Å². The number of likely N-dealkylation sites (tertiary alicyclic amines) is 1. The van der Waals surface area contributed by atoms with E-state index in [1.165, 1.54) is 18.2 Å². The maximum atomic E-state index is 13.5. The zero-order chi connectivity index (χ0) is 20.3. The lowest BCUT2D eigenvalue weighted by molar-refractivity contribution is -0.385. The highest BCUT2D eigenvalue weighted by Crippen LogP contribution is 2.28. The van der Waals surface area contributed by atoms with Gasteiger partial charge in [0.1, 0.15) is 11.4 Å². The normalized spacial score (nSPS) is 14.2. The highest BCUT2D eigenvalue weighted by Gasteiger charge is 2.27. The summed E-state index contributed by atoms with van der Waals surface area (Å²) in [6.45, 7) is 5.69. The van der Waals surface area contributed by atoms with Crippen molar-refractivity contribution in [1.82, 2.24) is 4.90 Å². The molecule has 0 radical (unpaired) electrons. The van der Waals surface area contributed by atoms with Crippen molar-refractivity contribution in [3.05, 3.63) is 69.5 Å². The summed E-state index contributed by atoms with van der Waals surface area (Å²) in [5.41, 5.74) is 1.00. The first-order valence-corrected chi connectivity index (χ1v) is 9.35. The van der Waals surface area contributed by atoms with Crippen molar-refractivity contribution in [3.8, 4) is 0 Å². The molecule has 1 aliphatic rings. The third kappa shape index (κ3) is 4.30. The first-order chi connectivity index (χ1) is 13.3. The molecule has 0 unspecified atom stereocenters. The lowest BCUT2D eigenvalue weighted by Crippen LogP contribution is -2.29. The van der Waals surface area contributed by atoms with Gasteiger partial charge in [-0.05, 0) is 42.7 Å². The van der Waals surface area contributed by atoms with Gasteiger partial charge in [-0.2, -0.15) is 0 Å². The molecule has 0 saturated carbocycles. The Bertz CT molecular complexity index is 892. The molecule has 2 aromatic rings. The van der Waals surface area contributed by atoms with E-state index < -0.39 is 4.92 Å². The number of rotatable bonds is 6. The Labute approximate surface area is 163 Å². The quantitative estimate of drug-likeness (QED) is 0.592. The van der Waals surface area contributed by atoms with E-state index in [0.717, 1.165) is 18.4 Å². The Morgan fingerprint density at radius 2 is 1.93 bits per heavy atom. The number of anilines is 1. The second-order valence-electron chi connectivity index (χ2n) is 7.74. The first-order valence-electron chi connectivity index (χ1n) is 9.35. The Kier molecular flexibility index (Phi) is 5.63. The molecule has 1 N–H and O–H groups in total. The molecule has 1 heterocycles. The van der Waals surface area contributed by atoms with Crippen molar-refractivity contribution in [2.24, 2.45) is 0 Å². The number of hydrogen-bond acceptors (Lipinski definition) is 4. The minimum absolute atomic E-state index is 0.0976. The van der Waals surface area contributed by atoms with E-state index in [1.54, 1.807) is 23.1 Å². The zero-order valence-corrected chi connectivity index (χ0v) is 16.1. The van der Waals surface area contributed by atoms with Gasteiger partial charge < -0.3 is 10.2 Å². The van der Waals surface area contributed by atoms with Crippen LogP contribution in [-0.2, 0) is 5.41 Å². The van der Waals surface area contributed by atoms with Gasteiger partial charge in [0.2, 0.25) is 0 Å². The summed E-state index contributed by atoms with van der Waals surface area (Å²) in [6, 6.07) is 10.9. The van der Waals surface area contributed by atoms with E-state index in [0.29, 0.717) is 25.3 Å². The summed E-state index contributed by atoms with van der Waals surface area (Å²) in [5, 5.41) is 14.6. The minimum Gasteiger partial charge on any atom is -0.384 e. The molecule has 1 amide bonds. The molecule has 0 aromatic heterocycles. The van der Waals surface area contributed by atoms with Gasteiger partial charge in [-0.3, -0.25) is 14.9 Å². The van der Waals surface area contributed by atoms with Gasteiger partial charge in [0.25, 0.3) is 11.6 Å². The van der Waals surface area contributed by atoms with Crippen LogP contribution in [0.4, 0.5) is 15.8 Å². The van der Waals surface area contributed by atoms with Crippen LogP contribution >= 0.6 is 0 Å². The SMILES string of the molecule is CC(C)(CNc1ccc([N+](=O)[O-])c(C(=O)N2CCCC2)c1)c1cccc(F)c1. The van der Waals surface area contributed by atoms with Crippen LogP contribution in [0.15, 0.2) is 42.5 Å². The van der Waals surface area contributed by atoms with Crippen molar-refractivity contribution < 1.29 is 14.1 Å². The smallest absolute Gasteiger partial charge is 0.282 e. The molecule has 7 heteroatoms. The van der Waals surface area contributed by atoms with Crippen molar-refractivity contribution in [1.29, 1.82) is 0 Å². The Morgan fingerprint density at radius 3 is 2.57 bits per heavy atom. The van der Waals surface area contributed by atoms with Crippen LogP contribution in [0, 0.1) is 15.9 Å². The number of nitrogens with one attached hydrogen (secondary N) is 1. The van der Waals surface area contributed by atoms with Crippen LogP contribution in [0.1, 0.15) is 42.6 Å². The molecule has 0 aliphatic carbocycles. The van der Waals surface area contributed by atoms with E-state index in [2.05, 4.69) is 5.32 Å². The van der Waals surface area contributed by atoms with Crippen LogP contribution in [0.25, 0.3) is 0 Å². The summed E-state index contributed by atoms with van der Waals surface area (Å²) in [5.74, 6) is -0.600. The van der Waals surface area contributed by atoms with Gasteiger partial charge in [-0.15, -0.1) is 0 Å². The van der Waals surface area contributed by atoms with Crippen LogP contribution in [-0.4, -0.2) is 35.4 Å². The number of amides is 1. The molecule has 148 valence electrons. The maximum Gasteiger partial charge on any atom is 0.282 e. The maximum absolute atomic E-state index is 13.5. The fourth-order valence-electron chi connectivity index (χ4n) is 3.40. The molecule has 0 atom stereocenters. The van der Waals surface area contributed by atoms with Gasteiger partial charge in [0.05, 0.1) is 4.92 Å². The number of carbonyl (C=O) groups is 1. The largest absolute Gasteiger partial charge is 0.384 e. The van der Waals surface area contributed by atoms with Crippen molar-refractivity contribution >= 4 is 17.3 Å². The van der Waals surface area contributed by atoms with E-state index in [1.807, 2.05) is 19.9 Å². The fraction of sp³-hybridized carbons (Fsp3) is 0.381. The van der Waals surface area contributed by atoms with Crippen LogP contribution in [0.5, 0.6) is 0 Å². The van der Waals surface area contributed by atoms with Gasteiger partial charge >= 0.3 is 0 Å². The standard InChI is InChI=1S/C21H24FN3O3/c1-21(2,15-6-5-7-16(22)12-15)14-23-17-8-9-19(25(27)28)18(13-17)20(26)24-10-3-4-11-24/h5-9,12-13,23H,3-4,10-11,14H2,1-2H3. The summed E-state index contributed by atoms with van der Waals surface area (Å²) < 4.78 is 13.5. The first kappa shape index (κ1) is 19.8. The predicted octanol–water partition coefficient (Wildman–Crippen LogP) is 4.36. The zero-order valence-electron chi connectivity index (χ0n) is 16.1. The van der Waals surface area contributed by atoms with Crippen LogP contribution in [0.3, 0.4) is 0 Å². The summed E-state index contributed by atoms with van der Waals surface area (Å²) >= 11 is 0. The molecule has 0 spiro atoms. The fourth-order valence-corrected chi connectivity index (χ4v) is 3.40. The third-order valence-corrected chi connectivity index (χ3v) is 5.16. The van der Waals surface area contributed by atoms with Gasteiger partial charge in [-0.1, -0.05) is 26.0 Å². The average molecular weight is 385 g/mol. The van der Waals surface area contributed by atoms with Crippen molar-refractivity contribution in [3.63, 3.8) is 0 Å². The Morgan fingerprint density at radius 1 is 1.21 bits per heavy atom. The highest BCUT2D eigenvalue weighted by molar-refractivity contribution is 5.99. The summed E-state index contributed by atoms with van der Waals surface area (Å²) in [4.78, 5) is 25.2. The number of halogens is 1. The van der Waals surface area contributed by atoms with E-state index in [-0.39, 0.29) is 28.4 Å². The lowest BCUT2D eigenvalue weighted by Gasteiger charge is -2.26. The number of hydrogen-bond donors (Lipinski definition) is 1. The number of carbonyl (C=O) groups excluding carboxylic acids is 1. The molecule has 2 aromatic carbocycles. The second-order valence-corrected chi connectivity index (χ2v) is 7.74. The molecule has 1 aliphatic heterocycles. The molecule has 1 fully saturated rings. The average Bonchev–Trinajstić information content (AvgIpc) is 3.20. The van der Waals surface area contributed by atoms with Gasteiger partial charge in [0.15, 0.2) is 0 Å². The summed E-state index contributed by atoms with van der Waals surface area (Å²) in [7, 11) is 0. The summed E-state index contributed by atoms with van der Waals surface area (Å²) in [6.07, 6.45) is 1.83. The van der Waals surface area contributed by atoms with E-state index in [4.69, 9.17) is 0 Å². The number of nitrogens with zero attached hydrogens (tertiary/aromatic N) is 2. The second kappa shape index (κ2) is 7.96. The monoisotopic (exact) mass is 385 g/mol. The van der Waals surface area contributed by atoms with Crippen LogP contribution < -0.4 is 5.32 Å². The third-order valence-electron chi connectivity index (χ3n) is 5.16.